The summed E-state index contributed by atoms with van der Waals surface area (Å²) < 4.78 is 0. The largest absolute Gasteiger partial charge is 0.352 e. The molecule has 1 unspecified atom stereocenters. The van der Waals surface area contributed by atoms with E-state index in [1.54, 1.807) is 29.4 Å². The molecule has 1 saturated heterocycles. The first kappa shape index (κ1) is 28.5. The predicted octanol–water partition coefficient (Wildman–Crippen LogP) is 4.56. The van der Waals surface area contributed by atoms with Crippen LogP contribution in [0.1, 0.15) is 64.2 Å². The number of nitrogens with zero attached hydrogens (tertiary/aromatic N) is 3. The number of carbonyl (C=O) groups excluding carboxylic acids is 2. The van der Waals surface area contributed by atoms with Crippen LogP contribution < -0.4 is 11.1 Å². The number of nitrogens with two attached hydrogens (primary N) is 1. The van der Waals surface area contributed by atoms with Gasteiger partial charge in [0.05, 0.1) is 5.56 Å². The van der Waals surface area contributed by atoms with Crippen LogP contribution in [0.5, 0.6) is 0 Å². The summed E-state index contributed by atoms with van der Waals surface area (Å²) >= 11 is 1.83. The maximum absolute atomic E-state index is 13.8. The first-order valence-corrected chi connectivity index (χ1v) is 15.4. The van der Waals surface area contributed by atoms with Gasteiger partial charge in [0.15, 0.2) is 0 Å². The van der Waals surface area contributed by atoms with Crippen LogP contribution >= 0.6 is 11.3 Å². The van der Waals surface area contributed by atoms with Crippen molar-refractivity contribution in [3.63, 3.8) is 0 Å². The molecule has 0 spiro atoms. The minimum absolute atomic E-state index is 0.0441. The molecule has 2 aliphatic rings. The number of aromatic nitrogens is 1. The number of aryl methyl sites for hydroxylation is 1. The van der Waals surface area contributed by atoms with E-state index in [1.165, 1.54) is 15.3 Å². The number of carbonyl (C=O) groups is 2. The zero-order valence-electron chi connectivity index (χ0n) is 23.4. The zero-order chi connectivity index (χ0) is 27.9. The molecular weight excluding hydrogens is 518 g/mol. The van der Waals surface area contributed by atoms with Crippen LogP contribution in [0.25, 0.3) is 0 Å². The SMILES string of the molecule is Cc1ccc(CN(CCc2ccccc2)C2CCN(C(=O)c3cccnc3)[C@@H](C(=O)NC3CCC(N)CC3)C2)s1. The number of hydrogen-bond donors (Lipinski definition) is 2. The van der Waals surface area contributed by atoms with E-state index in [4.69, 9.17) is 5.73 Å². The van der Waals surface area contributed by atoms with Crippen molar-refractivity contribution in [2.45, 2.75) is 82.6 Å². The van der Waals surface area contributed by atoms with Crippen molar-refractivity contribution < 1.29 is 9.59 Å². The Hall–Kier alpha value is -3.07. The number of benzene rings is 1. The predicted molar refractivity (Wildman–Crippen MR) is 160 cm³/mol. The number of amides is 2. The second-order valence-electron chi connectivity index (χ2n) is 11.3. The van der Waals surface area contributed by atoms with Crippen molar-refractivity contribution in [2.75, 3.05) is 13.1 Å². The molecule has 3 aromatic rings. The van der Waals surface area contributed by atoms with Crippen molar-refractivity contribution in [2.24, 2.45) is 5.73 Å². The van der Waals surface area contributed by atoms with Gasteiger partial charge in [-0.05, 0) is 81.7 Å². The summed E-state index contributed by atoms with van der Waals surface area (Å²) in [6, 6.07) is 18.5. The molecule has 3 heterocycles. The third kappa shape index (κ3) is 7.36. The third-order valence-corrected chi connectivity index (χ3v) is 9.35. The highest BCUT2D eigenvalue weighted by atomic mass is 32.1. The van der Waals surface area contributed by atoms with Crippen molar-refractivity contribution in [1.29, 1.82) is 0 Å². The number of piperidine rings is 1. The summed E-state index contributed by atoms with van der Waals surface area (Å²) in [5.41, 5.74) is 7.94. The molecule has 212 valence electrons. The highest BCUT2D eigenvalue weighted by molar-refractivity contribution is 7.11. The van der Waals surface area contributed by atoms with Gasteiger partial charge in [-0.15, -0.1) is 11.3 Å². The Morgan fingerprint density at radius 1 is 1.05 bits per heavy atom. The highest BCUT2D eigenvalue weighted by Crippen LogP contribution is 2.28. The number of pyridine rings is 1. The van der Waals surface area contributed by atoms with Gasteiger partial charge < -0.3 is 16.0 Å². The van der Waals surface area contributed by atoms with Gasteiger partial charge >= 0.3 is 0 Å². The second-order valence-corrected chi connectivity index (χ2v) is 12.6. The molecule has 1 aliphatic heterocycles. The fraction of sp³-hybridized carbons (Fsp3) is 0.469. The van der Waals surface area contributed by atoms with E-state index < -0.39 is 6.04 Å². The topological polar surface area (TPSA) is 91.6 Å². The van der Waals surface area contributed by atoms with Crippen LogP contribution in [0.3, 0.4) is 0 Å². The molecule has 8 heteroatoms. The molecule has 7 nitrogen and oxygen atoms in total. The van der Waals surface area contributed by atoms with Gasteiger partial charge in [0.2, 0.25) is 5.91 Å². The van der Waals surface area contributed by atoms with E-state index in [0.717, 1.165) is 51.6 Å². The molecule has 2 fully saturated rings. The molecular formula is C32H41N5O2S. The van der Waals surface area contributed by atoms with Crippen LogP contribution in [0.4, 0.5) is 0 Å². The number of nitrogens with one attached hydrogen (secondary N) is 1. The summed E-state index contributed by atoms with van der Waals surface area (Å²) in [4.78, 5) is 38.5. The van der Waals surface area contributed by atoms with Gasteiger partial charge in [0.25, 0.3) is 5.91 Å². The first-order valence-electron chi connectivity index (χ1n) is 14.6. The maximum Gasteiger partial charge on any atom is 0.256 e. The van der Waals surface area contributed by atoms with Crippen LogP contribution in [0.2, 0.25) is 0 Å². The molecule has 1 aliphatic carbocycles. The number of thiophene rings is 1. The molecule has 0 bridgehead atoms. The van der Waals surface area contributed by atoms with Gasteiger partial charge in [0.1, 0.15) is 6.04 Å². The number of rotatable bonds is 9. The lowest BCUT2D eigenvalue weighted by Crippen LogP contribution is -2.58. The van der Waals surface area contributed by atoms with Gasteiger partial charge in [-0.25, -0.2) is 0 Å². The number of likely N-dealkylation sites (tertiary alicyclic amines) is 1. The minimum atomic E-state index is -0.522. The van der Waals surface area contributed by atoms with Gasteiger partial charge in [0, 0.05) is 59.9 Å². The normalized spacial score (nSPS) is 23.2. The van der Waals surface area contributed by atoms with E-state index in [0.29, 0.717) is 18.5 Å². The quantitative estimate of drug-likeness (QED) is 0.401. The Morgan fingerprint density at radius 2 is 1.85 bits per heavy atom. The standard InChI is InChI=1S/C32H41N5O2S/c1-23-9-14-29(40-23)22-36(18-15-24-6-3-2-4-7-24)28-16-19-37(32(39)25-8-5-17-34-21-25)30(20-28)31(38)35-27-12-10-26(33)11-13-27/h2-9,14,17,21,26-28,30H,10-13,15-16,18-20,22,33H2,1H3,(H,35,38)/t26?,27?,28?,30-/m1/s1. The van der Waals surface area contributed by atoms with E-state index in [2.05, 4.69) is 58.5 Å². The van der Waals surface area contributed by atoms with Gasteiger partial charge in [-0.3, -0.25) is 19.5 Å². The van der Waals surface area contributed by atoms with E-state index >= 15 is 0 Å². The molecule has 1 aromatic carbocycles. The van der Waals surface area contributed by atoms with Crippen LogP contribution in [-0.4, -0.2) is 63.9 Å². The molecule has 1 saturated carbocycles. The Morgan fingerprint density at radius 3 is 2.55 bits per heavy atom. The molecule has 2 aromatic heterocycles. The van der Waals surface area contributed by atoms with Crippen LogP contribution in [0.15, 0.2) is 67.0 Å². The van der Waals surface area contributed by atoms with Gasteiger partial charge in [-0.1, -0.05) is 30.3 Å². The second kappa shape index (κ2) is 13.5. The molecule has 2 atom stereocenters. The monoisotopic (exact) mass is 559 g/mol. The van der Waals surface area contributed by atoms with Crippen LogP contribution in [0, 0.1) is 6.92 Å². The Labute approximate surface area is 241 Å². The van der Waals surface area contributed by atoms with Crippen molar-refractivity contribution in [3.8, 4) is 0 Å². The van der Waals surface area contributed by atoms with Crippen molar-refractivity contribution >= 4 is 23.2 Å². The van der Waals surface area contributed by atoms with E-state index in [-0.39, 0.29) is 29.9 Å². The molecule has 3 N–H and O–H groups in total. The number of hydrogen-bond acceptors (Lipinski definition) is 6. The summed E-state index contributed by atoms with van der Waals surface area (Å²) in [6.07, 6.45) is 9.26. The summed E-state index contributed by atoms with van der Waals surface area (Å²) in [6.45, 7) is 4.43. The smallest absolute Gasteiger partial charge is 0.256 e. The molecule has 40 heavy (non-hydrogen) atoms. The molecule has 5 rings (SSSR count). The van der Waals surface area contributed by atoms with Crippen molar-refractivity contribution in [3.05, 3.63) is 87.9 Å². The minimum Gasteiger partial charge on any atom is -0.352 e. The summed E-state index contributed by atoms with van der Waals surface area (Å²) in [5.74, 6) is -0.167. The van der Waals surface area contributed by atoms with Crippen LogP contribution in [-0.2, 0) is 17.8 Å². The summed E-state index contributed by atoms with van der Waals surface area (Å²) in [7, 11) is 0. The Balaban J connectivity index is 1.36. The van der Waals surface area contributed by atoms with E-state index in [1.807, 2.05) is 17.4 Å². The first-order chi connectivity index (χ1) is 19.5. The van der Waals surface area contributed by atoms with Gasteiger partial charge in [-0.2, -0.15) is 0 Å². The Bertz CT molecular complexity index is 1240. The van der Waals surface area contributed by atoms with E-state index in [9.17, 15) is 9.59 Å². The van der Waals surface area contributed by atoms with Crippen molar-refractivity contribution in [1.82, 2.24) is 20.1 Å². The lowest BCUT2D eigenvalue weighted by atomic mass is 9.90. The molecule has 2 amide bonds. The fourth-order valence-electron chi connectivity index (χ4n) is 6.06. The Kier molecular flexibility index (Phi) is 9.62. The highest BCUT2D eigenvalue weighted by Gasteiger charge is 2.39. The lowest BCUT2D eigenvalue weighted by molar-refractivity contribution is -0.128. The molecule has 0 radical (unpaired) electrons. The fourth-order valence-corrected chi connectivity index (χ4v) is 6.98. The lowest BCUT2D eigenvalue weighted by Gasteiger charge is -2.43. The third-order valence-electron chi connectivity index (χ3n) is 8.37. The summed E-state index contributed by atoms with van der Waals surface area (Å²) in [5, 5.41) is 3.30. The maximum atomic E-state index is 13.8. The average molecular weight is 560 g/mol. The zero-order valence-corrected chi connectivity index (χ0v) is 24.2. The average Bonchev–Trinajstić information content (AvgIpc) is 3.41.